The third kappa shape index (κ3) is 7.70. The summed E-state index contributed by atoms with van der Waals surface area (Å²) in [5.74, 6) is -1.98. The third-order valence-electron chi connectivity index (χ3n) is 4.69. The standard InChI is InChI=1S/C23H19ClF3NO6S2/c1-35(30,31)19-7-8-21(20(24)13-19)34-18-10-16(9-17(12-18)23(25,26)27)11-22(29)28-36(32,33)14-15-5-3-2-4-6-15/h2-10,12-13H,11,14H2,1H3,(H,28,29). The molecule has 0 bridgehead atoms. The Labute approximate surface area is 210 Å². The van der Waals surface area contributed by atoms with E-state index >= 15 is 0 Å². The van der Waals surface area contributed by atoms with E-state index in [9.17, 15) is 34.8 Å². The average Bonchev–Trinajstić information content (AvgIpc) is 2.73. The highest BCUT2D eigenvalue weighted by Crippen LogP contribution is 2.36. The maximum Gasteiger partial charge on any atom is 0.416 e. The first-order valence-electron chi connectivity index (χ1n) is 10.1. The van der Waals surface area contributed by atoms with E-state index in [2.05, 4.69) is 0 Å². The van der Waals surface area contributed by atoms with Gasteiger partial charge in [0.1, 0.15) is 11.5 Å². The van der Waals surface area contributed by atoms with Crippen molar-refractivity contribution in [2.45, 2.75) is 23.2 Å². The molecule has 0 aromatic heterocycles. The second kappa shape index (κ2) is 10.5. The van der Waals surface area contributed by atoms with Gasteiger partial charge in [0, 0.05) is 6.26 Å². The number of sulfonamides is 1. The van der Waals surface area contributed by atoms with Gasteiger partial charge in [-0.15, -0.1) is 0 Å². The molecule has 0 aliphatic carbocycles. The zero-order chi connectivity index (χ0) is 26.7. The van der Waals surface area contributed by atoms with Gasteiger partial charge in [-0.05, 0) is 47.5 Å². The van der Waals surface area contributed by atoms with Crippen LogP contribution in [0.5, 0.6) is 11.5 Å². The molecular weight excluding hydrogens is 543 g/mol. The van der Waals surface area contributed by atoms with Crippen LogP contribution in [0.15, 0.2) is 71.6 Å². The quantitative estimate of drug-likeness (QED) is 0.426. The Hall–Kier alpha value is -3.09. The molecule has 0 saturated heterocycles. The van der Waals surface area contributed by atoms with Gasteiger partial charge in [0.2, 0.25) is 15.9 Å². The van der Waals surface area contributed by atoms with Crippen LogP contribution in [0.2, 0.25) is 5.02 Å². The highest BCUT2D eigenvalue weighted by atomic mass is 35.5. The van der Waals surface area contributed by atoms with Gasteiger partial charge >= 0.3 is 6.18 Å². The first-order valence-corrected chi connectivity index (χ1v) is 14.0. The number of ether oxygens (including phenoxy) is 1. The van der Waals surface area contributed by atoms with Crippen LogP contribution in [0, 0.1) is 0 Å². The predicted molar refractivity (Wildman–Crippen MR) is 127 cm³/mol. The monoisotopic (exact) mass is 561 g/mol. The number of rotatable bonds is 8. The first kappa shape index (κ1) is 27.5. The Bertz CT molecular complexity index is 1490. The zero-order valence-electron chi connectivity index (χ0n) is 18.5. The Morgan fingerprint density at radius 1 is 0.944 bits per heavy atom. The van der Waals surface area contributed by atoms with E-state index in [4.69, 9.17) is 16.3 Å². The molecule has 3 aromatic rings. The van der Waals surface area contributed by atoms with Crippen LogP contribution in [0.3, 0.4) is 0 Å². The van der Waals surface area contributed by atoms with Crippen molar-refractivity contribution in [3.63, 3.8) is 0 Å². The Balaban J connectivity index is 1.84. The summed E-state index contributed by atoms with van der Waals surface area (Å²) in [4.78, 5) is 12.2. The Morgan fingerprint density at radius 2 is 1.61 bits per heavy atom. The lowest BCUT2D eigenvalue weighted by atomic mass is 10.1. The van der Waals surface area contributed by atoms with E-state index in [1.165, 1.54) is 12.1 Å². The van der Waals surface area contributed by atoms with Gasteiger partial charge in [0.25, 0.3) is 0 Å². The lowest BCUT2D eigenvalue weighted by Gasteiger charge is -2.14. The lowest BCUT2D eigenvalue weighted by molar-refractivity contribution is -0.137. The maximum atomic E-state index is 13.5. The molecule has 0 atom stereocenters. The van der Waals surface area contributed by atoms with Crippen molar-refractivity contribution in [3.05, 3.63) is 88.4 Å². The van der Waals surface area contributed by atoms with Crippen LogP contribution in [0.1, 0.15) is 16.7 Å². The Kier molecular flexibility index (Phi) is 8.01. The minimum absolute atomic E-state index is 0.113. The molecule has 7 nitrogen and oxygen atoms in total. The summed E-state index contributed by atoms with van der Waals surface area (Å²) in [5, 5.41) is -0.165. The van der Waals surface area contributed by atoms with Gasteiger partial charge in [-0.2, -0.15) is 13.2 Å². The minimum Gasteiger partial charge on any atom is -0.456 e. The van der Waals surface area contributed by atoms with E-state index in [1.54, 1.807) is 30.3 Å². The molecular formula is C23H19ClF3NO6S2. The van der Waals surface area contributed by atoms with E-state index in [-0.39, 0.29) is 27.0 Å². The maximum absolute atomic E-state index is 13.5. The molecule has 13 heteroatoms. The minimum atomic E-state index is -4.80. The molecule has 36 heavy (non-hydrogen) atoms. The summed E-state index contributed by atoms with van der Waals surface area (Å²) in [6.07, 6.45) is -4.52. The van der Waals surface area contributed by atoms with Gasteiger partial charge < -0.3 is 4.74 Å². The van der Waals surface area contributed by atoms with Crippen LogP contribution in [-0.2, 0) is 43.0 Å². The molecule has 1 N–H and O–H groups in total. The van der Waals surface area contributed by atoms with E-state index in [1.807, 2.05) is 4.72 Å². The summed E-state index contributed by atoms with van der Waals surface area (Å²) < 4.78 is 95.5. The van der Waals surface area contributed by atoms with Crippen molar-refractivity contribution in [1.82, 2.24) is 4.72 Å². The lowest BCUT2D eigenvalue weighted by Crippen LogP contribution is -2.32. The van der Waals surface area contributed by atoms with E-state index in [0.29, 0.717) is 17.7 Å². The van der Waals surface area contributed by atoms with Gasteiger partial charge in [-0.1, -0.05) is 41.9 Å². The van der Waals surface area contributed by atoms with Gasteiger partial charge in [0.05, 0.1) is 27.7 Å². The number of nitrogens with one attached hydrogen (secondary N) is 1. The molecule has 0 aliphatic rings. The molecule has 0 radical (unpaired) electrons. The third-order valence-corrected chi connectivity index (χ3v) is 7.34. The zero-order valence-corrected chi connectivity index (χ0v) is 20.9. The number of hydrogen-bond donors (Lipinski definition) is 1. The van der Waals surface area contributed by atoms with Crippen molar-refractivity contribution >= 4 is 37.4 Å². The van der Waals surface area contributed by atoms with Crippen LogP contribution in [0.25, 0.3) is 0 Å². The molecule has 1 amide bonds. The fourth-order valence-corrected chi connectivity index (χ4v) is 5.19. The number of amides is 1. The first-order chi connectivity index (χ1) is 16.6. The van der Waals surface area contributed by atoms with Crippen molar-refractivity contribution in [2.75, 3.05) is 6.26 Å². The van der Waals surface area contributed by atoms with E-state index < -0.39 is 49.7 Å². The van der Waals surface area contributed by atoms with Crippen LogP contribution in [0.4, 0.5) is 13.2 Å². The molecule has 0 aliphatic heterocycles. The summed E-state index contributed by atoms with van der Waals surface area (Å²) >= 11 is 6.04. The summed E-state index contributed by atoms with van der Waals surface area (Å²) in [7, 11) is -7.67. The highest BCUT2D eigenvalue weighted by molar-refractivity contribution is 7.90. The molecule has 0 fully saturated rings. The SMILES string of the molecule is CS(=O)(=O)c1ccc(Oc2cc(CC(=O)NS(=O)(=O)Cc3ccccc3)cc(C(F)(F)F)c2)c(Cl)c1. The number of alkyl halides is 3. The normalized spacial score (nSPS) is 12.2. The van der Waals surface area contributed by atoms with Crippen molar-refractivity contribution in [1.29, 1.82) is 0 Å². The fraction of sp³-hybridized carbons (Fsp3) is 0.174. The molecule has 0 heterocycles. The predicted octanol–water partition coefficient (Wildman–Crippen LogP) is 4.74. The van der Waals surface area contributed by atoms with Gasteiger partial charge in [0.15, 0.2) is 9.84 Å². The van der Waals surface area contributed by atoms with Crippen molar-refractivity contribution in [2.24, 2.45) is 0 Å². The van der Waals surface area contributed by atoms with Crippen LogP contribution >= 0.6 is 11.6 Å². The molecule has 3 aromatic carbocycles. The topological polar surface area (TPSA) is 107 Å². The molecule has 192 valence electrons. The van der Waals surface area contributed by atoms with Crippen LogP contribution < -0.4 is 9.46 Å². The summed E-state index contributed by atoms with van der Waals surface area (Å²) in [5.41, 5.74) is -0.888. The average molecular weight is 562 g/mol. The number of sulfone groups is 1. The van der Waals surface area contributed by atoms with E-state index in [0.717, 1.165) is 18.4 Å². The number of benzene rings is 3. The number of halogens is 4. The second-order valence-corrected chi connectivity index (χ2v) is 11.9. The Morgan fingerprint density at radius 3 is 2.19 bits per heavy atom. The molecule has 0 unspecified atom stereocenters. The molecule has 0 saturated carbocycles. The van der Waals surface area contributed by atoms with Crippen molar-refractivity contribution < 1.29 is 39.5 Å². The van der Waals surface area contributed by atoms with Gasteiger partial charge in [-0.3, -0.25) is 9.52 Å². The summed E-state index contributed by atoms with van der Waals surface area (Å²) in [6.45, 7) is 0. The largest absolute Gasteiger partial charge is 0.456 e. The smallest absolute Gasteiger partial charge is 0.416 e. The molecule has 0 spiro atoms. The number of carbonyl (C=O) groups is 1. The highest BCUT2D eigenvalue weighted by Gasteiger charge is 2.32. The fourth-order valence-electron chi connectivity index (χ4n) is 3.13. The second-order valence-electron chi connectivity index (χ2n) is 7.78. The van der Waals surface area contributed by atoms with Crippen molar-refractivity contribution in [3.8, 4) is 11.5 Å². The van der Waals surface area contributed by atoms with Gasteiger partial charge in [-0.25, -0.2) is 16.8 Å². The molecule has 3 rings (SSSR count). The summed E-state index contributed by atoms with van der Waals surface area (Å²) in [6, 6.07) is 14.0. The number of hydrogen-bond acceptors (Lipinski definition) is 6. The van der Waals surface area contributed by atoms with Crippen LogP contribution in [-0.4, -0.2) is 29.0 Å². The number of carbonyl (C=O) groups excluding carboxylic acids is 1.